The van der Waals surface area contributed by atoms with Crippen LogP contribution in [-0.2, 0) is 19.0 Å². The zero-order chi connectivity index (χ0) is 14.6. The minimum absolute atomic E-state index is 0.132. The van der Waals surface area contributed by atoms with Gasteiger partial charge in [0.05, 0.1) is 25.8 Å². The van der Waals surface area contributed by atoms with Crippen molar-refractivity contribution in [3.8, 4) is 0 Å². The van der Waals surface area contributed by atoms with E-state index in [1.807, 2.05) is 20.8 Å². The van der Waals surface area contributed by atoms with E-state index in [2.05, 4.69) is 0 Å². The van der Waals surface area contributed by atoms with Gasteiger partial charge in [0.1, 0.15) is 5.60 Å². The summed E-state index contributed by atoms with van der Waals surface area (Å²) in [5.41, 5.74) is -0.499. The van der Waals surface area contributed by atoms with E-state index in [4.69, 9.17) is 14.2 Å². The molecule has 0 aromatic heterocycles. The molecule has 0 aromatic rings. The van der Waals surface area contributed by atoms with Gasteiger partial charge in [0.15, 0.2) is 6.10 Å². The van der Waals surface area contributed by atoms with Crippen LogP contribution in [-0.4, -0.2) is 54.5 Å². The summed E-state index contributed by atoms with van der Waals surface area (Å²) in [6.45, 7) is 10.1. The number of esters is 1. The summed E-state index contributed by atoms with van der Waals surface area (Å²) in [6.07, 6.45) is -1.09. The summed E-state index contributed by atoms with van der Waals surface area (Å²) >= 11 is 0. The van der Waals surface area contributed by atoms with Gasteiger partial charge in [-0.3, -0.25) is 0 Å². The van der Waals surface area contributed by atoms with Crippen LogP contribution in [0.5, 0.6) is 0 Å². The first-order valence-electron chi connectivity index (χ1n) is 6.53. The Kier molecular flexibility index (Phi) is 5.17. The second-order valence-corrected chi connectivity index (χ2v) is 5.54. The number of hydrogen-bond acceptors (Lipinski definition) is 5. The molecule has 1 aliphatic heterocycles. The third kappa shape index (κ3) is 5.06. The van der Waals surface area contributed by atoms with Crippen molar-refractivity contribution in [1.82, 2.24) is 4.90 Å². The van der Waals surface area contributed by atoms with Gasteiger partial charge in [-0.05, 0) is 34.6 Å². The van der Waals surface area contributed by atoms with Crippen molar-refractivity contribution >= 4 is 12.1 Å². The van der Waals surface area contributed by atoms with Crippen LogP contribution >= 0.6 is 0 Å². The fourth-order valence-electron chi connectivity index (χ4n) is 1.60. The molecule has 0 saturated carbocycles. The summed E-state index contributed by atoms with van der Waals surface area (Å²) in [5.74, 6) is -0.377. The molecular formula is C13H23NO5. The normalized spacial score (nSPS) is 17.6. The van der Waals surface area contributed by atoms with Crippen LogP contribution in [0.3, 0.4) is 0 Å². The highest BCUT2D eigenvalue weighted by Gasteiger charge is 2.36. The van der Waals surface area contributed by atoms with Crippen LogP contribution in [0.1, 0.15) is 34.6 Å². The number of amides is 1. The molecule has 1 heterocycles. The first kappa shape index (κ1) is 15.8. The summed E-state index contributed by atoms with van der Waals surface area (Å²) in [5, 5.41) is 0. The lowest BCUT2D eigenvalue weighted by atomic mass is 10.1. The first-order chi connectivity index (χ1) is 8.73. The van der Waals surface area contributed by atoms with Crippen molar-refractivity contribution in [1.29, 1.82) is 0 Å². The Bertz CT molecular complexity index is 330. The molecule has 1 fully saturated rings. The van der Waals surface area contributed by atoms with Gasteiger partial charge in [-0.25, -0.2) is 9.59 Å². The van der Waals surface area contributed by atoms with Crippen LogP contribution in [0.25, 0.3) is 0 Å². The summed E-state index contributed by atoms with van der Waals surface area (Å²) < 4.78 is 15.6. The highest BCUT2D eigenvalue weighted by molar-refractivity contribution is 5.74. The third-order valence-electron chi connectivity index (χ3n) is 2.51. The topological polar surface area (TPSA) is 65.1 Å². The van der Waals surface area contributed by atoms with Gasteiger partial charge in [0, 0.05) is 0 Å². The zero-order valence-corrected chi connectivity index (χ0v) is 12.3. The quantitative estimate of drug-likeness (QED) is 0.727. The van der Waals surface area contributed by atoms with E-state index in [-0.39, 0.29) is 18.2 Å². The van der Waals surface area contributed by atoms with Gasteiger partial charge in [-0.2, -0.15) is 0 Å². The Balaban J connectivity index is 2.27. The molecule has 19 heavy (non-hydrogen) atoms. The second-order valence-electron chi connectivity index (χ2n) is 5.54. The summed E-state index contributed by atoms with van der Waals surface area (Å²) in [6, 6.07) is 0. The van der Waals surface area contributed by atoms with Gasteiger partial charge in [-0.1, -0.05) is 0 Å². The van der Waals surface area contributed by atoms with Gasteiger partial charge in [0.2, 0.25) is 0 Å². The molecular weight excluding hydrogens is 250 g/mol. The van der Waals surface area contributed by atoms with Crippen LogP contribution < -0.4 is 0 Å². The lowest BCUT2D eigenvalue weighted by Gasteiger charge is -2.40. The summed E-state index contributed by atoms with van der Waals surface area (Å²) in [4.78, 5) is 24.6. The maximum atomic E-state index is 11.7. The number of carbonyl (C=O) groups excluding carboxylic acids is 2. The summed E-state index contributed by atoms with van der Waals surface area (Å²) in [7, 11) is 0. The monoisotopic (exact) mass is 273 g/mol. The molecule has 6 nitrogen and oxygen atoms in total. The van der Waals surface area contributed by atoms with E-state index in [1.165, 1.54) is 0 Å². The van der Waals surface area contributed by atoms with E-state index in [9.17, 15) is 9.59 Å². The Morgan fingerprint density at radius 1 is 1.32 bits per heavy atom. The average molecular weight is 273 g/mol. The Morgan fingerprint density at radius 2 is 1.89 bits per heavy atom. The number of rotatable bonds is 4. The molecule has 0 aliphatic carbocycles. The predicted octanol–water partition coefficient (Wildman–Crippen LogP) is 1.57. The van der Waals surface area contributed by atoms with Gasteiger partial charge in [-0.15, -0.1) is 0 Å². The molecule has 1 aliphatic rings. The van der Waals surface area contributed by atoms with Crippen molar-refractivity contribution in [2.24, 2.45) is 0 Å². The number of nitrogens with zero attached hydrogens (tertiary/aromatic N) is 1. The lowest BCUT2D eigenvalue weighted by Crippen LogP contribution is -2.57. The van der Waals surface area contributed by atoms with Crippen LogP contribution in [0.15, 0.2) is 0 Å². The SMILES string of the molecule is CCOC(=O)[C@H](C)OC1CN(C(=O)OC(C)(C)C)C1. The smallest absolute Gasteiger partial charge is 0.410 e. The average Bonchev–Trinajstić information content (AvgIpc) is 2.19. The highest BCUT2D eigenvalue weighted by atomic mass is 16.6. The Morgan fingerprint density at radius 3 is 2.37 bits per heavy atom. The molecule has 1 rings (SSSR count). The number of carbonyl (C=O) groups is 2. The molecule has 0 spiro atoms. The molecule has 1 amide bonds. The fraction of sp³-hybridized carbons (Fsp3) is 0.846. The van der Waals surface area contributed by atoms with E-state index in [0.717, 1.165) is 0 Å². The minimum atomic E-state index is -0.606. The van der Waals surface area contributed by atoms with Crippen molar-refractivity contribution in [3.63, 3.8) is 0 Å². The van der Waals surface area contributed by atoms with E-state index < -0.39 is 11.7 Å². The van der Waals surface area contributed by atoms with E-state index in [1.54, 1.807) is 18.7 Å². The van der Waals surface area contributed by atoms with Crippen LogP contribution in [0.2, 0.25) is 0 Å². The lowest BCUT2D eigenvalue weighted by molar-refractivity contribution is -0.164. The number of hydrogen-bond donors (Lipinski definition) is 0. The molecule has 0 aromatic carbocycles. The number of likely N-dealkylation sites (tertiary alicyclic amines) is 1. The van der Waals surface area contributed by atoms with Crippen LogP contribution in [0, 0.1) is 0 Å². The van der Waals surface area contributed by atoms with Crippen molar-refractivity contribution in [3.05, 3.63) is 0 Å². The van der Waals surface area contributed by atoms with E-state index in [0.29, 0.717) is 19.7 Å². The molecule has 0 radical (unpaired) electrons. The van der Waals surface area contributed by atoms with Gasteiger partial charge >= 0.3 is 12.1 Å². The van der Waals surface area contributed by atoms with Crippen molar-refractivity contribution in [2.45, 2.75) is 52.4 Å². The van der Waals surface area contributed by atoms with E-state index >= 15 is 0 Å². The van der Waals surface area contributed by atoms with Gasteiger partial charge in [0.25, 0.3) is 0 Å². The van der Waals surface area contributed by atoms with Gasteiger partial charge < -0.3 is 19.1 Å². The third-order valence-corrected chi connectivity index (χ3v) is 2.51. The minimum Gasteiger partial charge on any atom is -0.464 e. The Labute approximate surface area is 114 Å². The molecule has 0 unspecified atom stereocenters. The Hall–Kier alpha value is -1.30. The molecule has 0 bridgehead atoms. The molecule has 0 N–H and O–H groups in total. The first-order valence-corrected chi connectivity index (χ1v) is 6.53. The largest absolute Gasteiger partial charge is 0.464 e. The van der Waals surface area contributed by atoms with Crippen molar-refractivity contribution in [2.75, 3.05) is 19.7 Å². The maximum absolute atomic E-state index is 11.7. The zero-order valence-electron chi connectivity index (χ0n) is 12.3. The second kappa shape index (κ2) is 6.23. The standard InChI is InChI=1S/C13H23NO5/c1-6-17-11(15)9(2)18-10-7-14(8-10)12(16)19-13(3,4)5/h9-10H,6-8H2,1-5H3/t9-/m0/s1. The molecule has 6 heteroatoms. The highest BCUT2D eigenvalue weighted by Crippen LogP contribution is 2.18. The molecule has 110 valence electrons. The van der Waals surface area contributed by atoms with Crippen molar-refractivity contribution < 1.29 is 23.8 Å². The predicted molar refractivity (Wildman–Crippen MR) is 68.8 cm³/mol. The van der Waals surface area contributed by atoms with Crippen LogP contribution in [0.4, 0.5) is 4.79 Å². The fourth-order valence-corrected chi connectivity index (χ4v) is 1.60. The number of ether oxygens (including phenoxy) is 3. The maximum Gasteiger partial charge on any atom is 0.410 e. The molecule has 1 saturated heterocycles. The molecule has 1 atom stereocenters.